The molecule has 0 bridgehead atoms. The van der Waals surface area contributed by atoms with Crippen molar-refractivity contribution in [1.82, 2.24) is 0 Å². The molecule has 3 heteroatoms. The van der Waals surface area contributed by atoms with Gasteiger partial charge in [-0.3, -0.25) is 0 Å². The van der Waals surface area contributed by atoms with E-state index in [0.29, 0.717) is 12.2 Å². The minimum absolute atomic E-state index is 0.150. The highest BCUT2D eigenvalue weighted by molar-refractivity contribution is 5.89. The van der Waals surface area contributed by atoms with E-state index in [4.69, 9.17) is 9.84 Å². The zero-order valence-electron chi connectivity index (χ0n) is 14.3. The fraction of sp³-hybridized carbons (Fsp3) is 0.550. The van der Waals surface area contributed by atoms with Crippen LogP contribution in [-0.2, 0) is 4.74 Å². The number of rotatable bonds is 12. The number of phenols is 1. The summed E-state index contributed by atoms with van der Waals surface area (Å²) in [5.41, 5.74) is 0.474. The van der Waals surface area contributed by atoms with Gasteiger partial charge in [0.25, 0.3) is 0 Å². The molecule has 1 aromatic carbocycles. The molecular weight excluding hydrogens is 288 g/mol. The van der Waals surface area contributed by atoms with Crippen molar-refractivity contribution < 1.29 is 14.6 Å². The lowest BCUT2D eigenvalue weighted by Crippen LogP contribution is -2.05. The minimum atomic E-state index is -0.332. The van der Waals surface area contributed by atoms with Crippen LogP contribution in [0.1, 0.15) is 75.1 Å². The van der Waals surface area contributed by atoms with Gasteiger partial charge >= 0.3 is 5.97 Å². The summed E-state index contributed by atoms with van der Waals surface area (Å²) in [5, 5.41) is 9.17. The largest absolute Gasteiger partial charge is 0.508 e. The van der Waals surface area contributed by atoms with E-state index in [1.54, 1.807) is 12.1 Å². The van der Waals surface area contributed by atoms with Crippen molar-refractivity contribution in [3.05, 3.63) is 42.0 Å². The Morgan fingerprint density at radius 1 is 0.957 bits per heavy atom. The SMILES string of the molecule is CCCCCCCC/C=C/CCCOC(=O)c1ccc(O)cc1. The normalized spacial score (nSPS) is 11.0. The van der Waals surface area contributed by atoms with Crippen molar-refractivity contribution in [3.8, 4) is 5.75 Å². The van der Waals surface area contributed by atoms with Crippen LogP contribution in [0.15, 0.2) is 36.4 Å². The van der Waals surface area contributed by atoms with Crippen molar-refractivity contribution in [3.63, 3.8) is 0 Å². The van der Waals surface area contributed by atoms with Gasteiger partial charge in [0.05, 0.1) is 12.2 Å². The van der Waals surface area contributed by atoms with E-state index in [-0.39, 0.29) is 11.7 Å². The molecular formula is C20H30O3. The summed E-state index contributed by atoms with van der Waals surface area (Å²) in [4.78, 5) is 11.7. The van der Waals surface area contributed by atoms with E-state index in [1.807, 2.05) is 0 Å². The zero-order valence-corrected chi connectivity index (χ0v) is 14.3. The number of benzene rings is 1. The average molecular weight is 318 g/mol. The summed E-state index contributed by atoms with van der Waals surface area (Å²) in [6.07, 6.45) is 15.3. The van der Waals surface area contributed by atoms with Crippen molar-refractivity contribution >= 4 is 5.97 Å². The van der Waals surface area contributed by atoms with Crippen LogP contribution in [0, 0.1) is 0 Å². The van der Waals surface area contributed by atoms with Crippen molar-refractivity contribution in [2.24, 2.45) is 0 Å². The van der Waals surface area contributed by atoms with Gasteiger partial charge in [-0.15, -0.1) is 0 Å². The van der Waals surface area contributed by atoms with Crippen molar-refractivity contribution in [2.45, 2.75) is 64.7 Å². The standard InChI is InChI=1S/C20H30O3/c1-2-3-4-5-6-7-8-9-10-11-12-17-23-20(22)18-13-15-19(21)16-14-18/h9-10,13-16,21H,2-8,11-12,17H2,1H3/b10-9+. The molecule has 23 heavy (non-hydrogen) atoms. The van der Waals surface area contributed by atoms with Gasteiger partial charge < -0.3 is 9.84 Å². The molecule has 0 aliphatic carbocycles. The molecule has 1 N–H and O–H groups in total. The molecule has 1 rings (SSSR count). The van der Waals surface area contributed by atoms with Crippen LogP contribution in [0.25, 0.3) is 0 Å². The Hall–Kier alpha value is -1.77. The van der Waals surface area contributed by atoms with Crippen LogP contribution in [0.2, 0.25) is 0 Å². The third kappa shape index (κ3) is 9.77. The Kier molecular flexibility index (Phi) is 10.7. The highest BCUT2D eigenvalue weighted by Crippen LogP contribution is 2.11. The topological polar surface area (TPSA) is 46.5 Å². The molecule has 3 nitrogen and oxygen atoms in total. The molecule has 1 aromatic rings. The number of phenolic OH excluding ortho intramolecular Hbond substituents is 1. The number of unbranched alkanes of at least 4 members (excludes halogenated alkanes) is 7. The van der Waals surface area contributed by atoms with E-state index in [2.05, 4.69) is 19.1 Å². The van der Waals surface area contributed by atoms with Crippen molar-refractivity contribution in [2.75, 3.05) is 6.61 Å². The molecule has 0 aromatic heterocycles. The summed E-state index contributed by atoms with van der Waals surface area (Å²) >= 11 is 0. The fourth-order valence-electron chi connectivity index (χ4n) is 2.33. The van der Waals surface area contributed by atoms with E-state index in [9.17, 15) is 4.79 Å². The highest BCUT2D eigenvalue weighted by atomic mass is 16.5. The summed E-state index contributed by atoms with van der Waals surface area (Å²) in [6, 6.07) is 6.11. The van der Waals surface area contributed by atoms with Crippen LogP contribution in [0.5, 0.6) is 5.75 Å². The number of esters is 1. The molecule has 0 aliphatic rings. The molecule has 0 amide bonds. The molecule has 0 aliphatic heterocycles. The number of aromatic hydroxyl groups is 1. The van der Waals surface area contributed by atoms with Crippen LogP contribution in [0.3, 0.4) is 0 Å². The average Bonchev–Trinajstić information content (AvgIpc) is 2.56. The summed E-state index contributed by atoms with van der Waals surface area (Å²) in [5.74, 6) is -0.182. The zero-order chi connectivity index (χ0) is 16.8. The Morgan fingerprint density at radius 2 is 1.57 bits per heavy atom. The van der Waals surface area contributed by atoms with Gasteiger partial charge in [-0.05, 0) is 49.9 Å². The fourth-order valence-corrected chi connectivity index (χ4v) is 2.33. The maximum absolute atomic E-state index is 11.7. The number of carbonyl (C=O) groups excluding carboxylic acids is 1. The van der Waals surface area contributed by atoms with Gasteiger partial charge in [-0.1, -0.05) is 51.2 Å². The summed E-state index contributed by atoms with van der Waals surface area (Å²) in [6.45, 7) is 2.67. The quantitative estimate of drug-likeness (QED) is 0.308. The maximum Gasteiger partial charge on any atom is 0.338 e. The first kappa shape index (κ1) is 19.3. The first-order chi connectivity index (χ1) is 11.2. The molecule has 0 saturated carbocycles. The number of allylic oxidation sites excluding steroid dienone is 2. The Labute approximate surface area is 140 Å². The molecule has 128 valence electrons. The third-order valence-electron chi connectivity index (χ3n) is 3.74. The number of hydrogen-bond donors (Lipinski definition) is 1. The smallest absolute Gasteiger partial charge is 0.338 e. The summed E-state index contributed by atoms with van der Waals surface area (Å²) < 4.78 is 5.20. The van der Waals surface area contributed by atoms with Gasteiger partial charge in [0.15, 0.2) is 0 Å². The lowest BCUT2D eigenvalue weighted by atomic mass is 10.1. The lowest BCUT2D eigenvalue weighted by molar-refractivity contribution is 0.0501. The van der Waals surface area contributed by atoms with Gasteiger partial charge in [-0.25, -0.2) is 4.79 Å². The molecule has 0 unspecified atom stereocenters. The van der Waals surface area contributed by atoms with Gasteiger partial charge in [0, 0.05) is 0 Å². The highest BCUT2D eigenvalue weighted by Gasteiger charge is 2.05. The first-order valence-electron chi connectivity index (χ1n) is 8.85. The second-order valence-electron chi connectivity index (χ2n) is 5.85. The molecule has 0 saturated heterocycles. The van der Waals surface area contributed by atoms with Crippen LogP contribution in [-0.4, -0.2) is 17.7 Å². The van der Waals surface area contributed by atoms with Gasteiger partial charge in [0.1, 0.15) is 5.75 Å². The van der Waals surface area contributed by atoms with Crippen LogP contribution >= 0.6 is 0 Å². The Morgan fingerprint density at radius 3 is 2.26 bits per heavy atom. The monoisotopic (exact) mass is 318 g/mol. The first-order valence-corrected chi connectivity index (χ1v) is 8.85. The third-order valence-corrected chi connectivity index (χ3v) is 3.74. The Bertz CT molecular complexity index is 448. The minimum Gasteiger partial charge on any atom is -0.508 e. The summed E-state index contributed by atoms with van der Waals surface area (Å²) in [7, 11) is 0. The van der Waals surface area contributed by atoms with E-state index in [0.717, 1.165) is 19.3 Å². The van der Waals surface area contributed by atoms with Crippen LogP contribution in [0.4, 0.5) is 0 Å². The van der Waals surface area contributed by atoms with E-state index >= 15 is 0 Å². The molecule has 0 fully saturated rings. The van der Waals surface area contributed by atoms with Gasteiger partial charge in [-0.2, -0.15) is 0 Å². The van der Waals surface area contributed by atoms with E-state index in [1.165, 1.54) is 50.7 Å². The van der Waals surface area contributed by atoms with Crippen molar-refractivity contribution in [1.29, 1.82) is 0 Å². The predicted octanol–water partition coefficient (Wildman–Crippen LogP) is 5.64. The second kappa shape index (κ2) is 12.7. The maximum atomic E-state index is 11.7. The predicted molar refractivity (Wildman–Crippen MR) is 94.8 cm³/mol. The van der Waals surface area contributed by atoms with Gasteiger partial charge in [0.2, 0.25) is 0 Å². The number of hydrogen-bond acceptors (Lipinski definition) is 3. The number of carbonyl (C=O) groups is 1. The van der Waals surface area contributed by atoms with E-state index < -0.39 is 0 Å². The molecule has 0 atom stereocenters. The second-order valence-corrected chi connectivity index (χ2v) is 5.85. The Balaban J connectivity index is 1.97. The number of ether oxygens (including phenoxy) is 1. The molecule has 0 radical (unpaired) electrons. The molecule has 0 spiro atoms. The lowest BCUT2D eigenvalue weighted by Gasteiger charge is -2.03. The molecule has 0 heterocycles. The van der Waals surface area contributed by atoms with Crippen LogP contribution < -0.4 is 0 Å².